The van der Waals surface area contributed by atoms with E-state index in [9.17, 15) is 0 Å². The van der Waals surface area contributed by atoms with Crippen LogP contribution in [0.4, 0.5) is 0 Å². The predicted octanol–water partition coefficient (Wildman–Crippen LogP) is 1.08. The highest BCUT2D eigenvalue weighted by molar-refractivity contribution is 5.42. The van der Waals surface area contributed by atoms with Crippen LogP contribution in [0.25, 0.3) is 5.69 Å². The highest BCUT2D eigenvalue weighted by atomic mass is 16.5. The van der Waals surface area contributed by atoms with Gasteiger partial charge in [0.25, 0.3) is 0 Å². The van der Waals surface area contributed by atoms with Crippen molar-refractivity contribution in [3.05, 3.63) is 36.9 Å². The van der Waals surface area contributed by atoms with Gasteiger partial charge in [0.1, 0.15) is 5.69 Å². The third-order valence-corrected chi connectivity index (χ3v) is 1.65. The Morgan fingerprint density at radius 2 is 2.46 bits per heavy atom. The average molecular weight is 174 g/mol. The van der Waals surface area contributed by atoms with E-state index >= 15 is 0 Å². The lowest BCUT2D eigenvalue weighted by atomic mass is 10.4. The van der Waals surface area contributed by atoms with Crippen LogP contribution in [0.15, 0.2) is 30.9 Å². The van der Waals surface area contributed by atoms with Gasteiger partial charge in [0.15, 0.2) is 5.75 Å². The number of pyridine rings is 1. The summed E-state index contributed by atoms with van der Waals surface area (Å²) >= 11 is 0. The summed E-state index contributed by atoms with van der Waals surface area (Å²) in [7, 11) is 1.60. The molecule has 0 aliphatic heterocycles. The number of ether oxygens (including phenoxy) is 1. The number of rotatable bonds is 2. The quantitative estimate of drug-likeness (QED) is 0.683. The summed E-state index contributed by atoms with van der Waals surface area (Å²) in [5.41, 5.74) is 0.787. The Morgan fingerprint density at radius 1 is 1.54 bits per heavy atom. The number of hydrogen-bond donors (Lipinski definition) is 0. The van der Waals surface area contributed by atoms with Crippen LogP contribution in [0, 0.1) is 6.07 Å². The molecule has 1 radical (unpaired) electrons. The van der Waals surface area contributed by atoms with Crippen LogP contribution in [0.3, 0.4) is 0 Å². The molecule has 2 rings (SSSR count). The van der Waals surface area contributed by atoms with Gasteiger partial charge < -0.3 is 4.74 Å². The molecule has 0 spiro atoms. The van der Waals surface area contributed by atoms with E-state index < -0.39 is 0 Å². The molecule has 4 nitrogen and oxygen atoms in total. The third kappa shape index (κ3) is 1.38. The number of methoxy groups -OCH3 is 1. The highest BCUT2D eigenvalue weighted by Crippen LogP contribution is 2.18. The molecule has 0 bridgehead atoms. The van der Waals surface area contributed by atoms with Crippen LogP contribution >= 0.6 is 0 Å². The molecule has 2 heterocycles. The van der Waals surface area contributed by atoms with E-state index in [2.05, 4.69) is 16.1 Å². The molecule has 0 aliphatic carbocycles. The molecule has 0 unspecified atom stereocenters. The molecular formula is C9H8N3O. The van der Waals surface area contributed by atoms with Gasteiger partial charge in [-0.05, 0) is 6.07 Å². The number of hydrogen-bond acceptors (Lipinski definition) is 3. The summed E-state index contributed by atoms with van der Waals surface area (Å²) in [5, 5.41) is 4.07. The molecule has 0 aliphatic rings. The lowest BCUT2D eigenvalue weighted by molar-refractivity contribution is 0.410. The van der Waals surface area contributed by atoms with Crippen LogP contribution in [0.1, 0.15) is 0 Å². The fraction of sp³-hybridized carbons (Fsp3) is 0.111. The smallest absolute Gasteiger partial charge is 0.155 e. The first-order valence-electron chi connectivity index (χ1n) is 3.81. The molecular weight excluding hydrogens is 166 g/mol. The van der Waals surface area contributed by atoms with Gasteiger partial charge in [0.2, 0.25) is 0 Å². The standard InChI is InChI=1S/C9H8N3O/c1-13-9-3-5-10-7-8(9)12-6-2-4-11-12/h2,4-7H,1H3. The zero-order valence-electron chi connectivity index (χ0n) is 7.14. The van der Waals surface area contributed by atoms with Gasteiger partial charge in [-0.15, -0.1) is 0 Å². The first-order valence-corrected chi connectivity index (χ1v) is 3.81. The normalized spacial score (nSPS) is 9.92. The van der Waals surface area contributed by atoms with Crippen LogP contribution in [-0.4, -0.2) is 21.9 Å². The van der Waals surface area contributed by atoms with Crippen molar-refractivity contribution >= 4 is 0 Å². The van der Waals surface area contributed by atoms with E-state index in [-0.39, 0.29) is 0 Å². The lowest BCUT2D eigenvalue weighted by Crippen LogP contribution is -1.98. The summed E-state index contributed by atoms with van der Waals surface area (Å²) in [6, 6.07) is 4.72. The average Bonchev–Trinajstić information content (AvgIpc) is 2.70. The minimum absolute atomic E-state index is 0.638. The molecule has 0 aromatic carbocycles. The highest BCUT2D eigenvalue weighted by Gasteiger charge is 2.03. The van der Waals surface area contributed by atoms with E-state index in [0.717, 1.165) is 5.69 Å². The van der Waals surface area contributed by atoms with E-state index in [4.69, 9.17) is 4.74 Å². The molecule has 0 amide bonds. The molecule has 4 heteroatoms. The van der Waals surface area contributed by atoms with Crippen molar-refractivity contribution < 1.29 is 4.74 Å². The topological polar surface area (TPSA) is 39.9 Å². The molecule has 0 fully saturated rings. The minimum Gasteiger partial charge on any atom is -0.494 e. The second kappa shape index (κ2) is 3.26. The molecule has 0 saturated heterocycles. The second-order valence-electron chi connectivity index (χ2n) is 2.42. The van der Waals surface area contributed by atoms with Gasteiger partial charge in [-0.25, -0.2) is 4.68 Å². The Morgan fingerprint density at radius 3 is 3.15 bits per heavy atom. The molecule has 2 aromatic heterocycles. The van der Waals surface area contributed by atoms with Gasteiger partial charge in [0, 0.05) is 24.7 Å². The Kier molecular flexibility index (Phi) is 1.96. The van der Waals surface area contributed by atoms with Crippen LogP contribution in [-0.2, 0) is 0 Å². The molecule has 2 aromatic rings. The Balaban J connectivity index is 2.51. The van der Waals surface area contributed by atoms with E-state index in [1.807, 2.05) is 12.3 Å². The summed E-state index contributed by atoms with van der Waals surface area (Å²) in [6.07, 6.45) is 6.77. The maximum Gasteiger partial charge on any atom is 0.155 e. The number of nitrogens with zero attached hydrogens (tertiary/aromatic N) is 3. The second-order valence-corrected chi connectivity index (χ2v) is 2.42. The summed E-state index contributed by atoms with van der Waals surface area (Å²) in [6.45, 7) is 0. The maximum absolute atomic E-state index is 5.11. The molecule has 0 atom stereocenters. The number of aromatic nitrogens is 3. The Hall–Kier alpha value is -1.84. The fourth-order valence-electron chi connectivity index (χ4n) is 1.07. The van der Waals surface area contributed by atoms with Crippen LogP contribution < -0.4 is 4.74 Å². The molecule has 0 saturated carbocycles. The monoisotopic (exact) mass is 174 g/mol. The van der Waals surface area contributed by atoms with Gasteiger partial charge in [-0.1, -0.05) is 0 Å². The van der Waals surface area contributed by atoms with Gasteiger partial charge in [-0.3, -0.25) is 4.98 Å². The Bertz CT molecular complexity index is 384. The van der Waals surface area contributed by atoms with E-state index in [1.54, 1.807) is 30.4 Å². The van der Waals surface area contributed by atoms with Gasteiger partial charge in [-0.2, -0.15) is 5.10 Å². The molecule has 65 valence electrons. The zero-order valence-corrected chi connectivity index (χ0v) is 7.14. The van der Waals surface area contributed by atoms with Crippen molar-refractivity contribution in [3.63, 3.8) is 0 Å². The SMILES string of the molecule is COc1[c]cncc1-n1cccn1. The van der Waals surface area contributed by atoms with E-state index in [1.165, 1.54) is 0 Å². The van der Waals surface area contributed by atoms with Crippen molar-refractivity contribution in [1.29, 1.82) is 0 Å². The van der Waals surface area contributed by atoms with Crippen molar-refractivity contribution in [2.24, 2.45) is 0 Å². The fourth-order valence-corrected chi connectivity index (χ4v) is 1.07. The first-order chi connectivity index (χ1) is 6.42. The van der Waals surface area contributed by atoms with Crippen molar-refractivity contribution in [2.45, 2.75) is 0 Å². The van der Waals surface area contributed by atoms with Gasteiger partial charge in [0.05, 0.1) is 13.3 Å². The third-order valence-electron chi connectivity index (χ3n) is 1.65. The molecule has 0 N–H and O–H groups in total. The predicted molar refractivity (Wildman–Crippen MR) is 46.7 cm³/mol. The van der Waals surface area contributed by atoms with Crippen molar-refractivity contribution in [3.8, 4) is 11.4 Å². The lowest BCUT2D eigenvalue weighted by Gasteiger charge is -2.05. The zero-order chi connectivity index (χ0) is 9.10. The van der Waals surface area contributed by atoms with Crippen molar-refractivity contribution in [1.82, 2.24) is 14.8 Å². The first kappa shape index (κ1) is 7.79. The van der Waals surface area contributed by atoms with E-state index in [0.29, 0.717) is 5.75 Å². The maximum atomic E-state index is 5.11. The minimum atomic E-state index is 0.638. The summed E-state index contributed by atoms with van der Waals surface area (Å²) < 4.78 is 6.80. The van der Waals surface area contributed by atoms with Gasteiger partial charge >= 0.3 is 0 Å². The van der Waals surface area contributed by atoms with Crippen LogP contribution in [0.5, 0.6) is 5.75 Å². The van der Waals surface area contributed by atoms with Crippen LogP contribution in [0.2, 0.25) is 0 Å². The largest absolute Gasteiger partial charge is 0.494 e. The summed E-state index contributed by atoms with van der Waals surface area (Å²) in [4.78, 5) is 3.95. The summed E-state index contributed by atoms with van der Waals surface area (Å²) in [5.74, 6) is 0.638. The molecule has 13 heavy (non-hydrogen) atoms. The Labute approximate surface area is 75.8 Å². The van der Waals surface area contributed by atoms with Crippen molar-refractivity contribution in [2.75, 3.05) is 7.11 Å².